The number of hydrogen-bond donors (Lipinski definition) is 0. The minimum Gasteiger partial charge on any atom is -0.473 e. The van der Waals surface area contributed by atoms with Crippen molar-refractivity contribution in [2.45, 2.75) is 25.9 Å². The molecule has 0 aliphatic carbocycles. The number of piperidine rings is 1. The van der Waals surface area contributed by atoms with Gasteiger partial charge in [0.15, 0.2) is 0 Å². The number of aryl methyl sites for hydroxylation is 2. The predicted octanol–water partition coefficient (Wildman–Crippen LogP) is 2.72. The Balaban J connectivity index is 1.44. The molecule has 0 amide bonds. The second-order valence-corrected chi connectivity index (χ2v) is 6.26. The van der Waals surface area contributed by atoms with Crippen molar-refractivity contribution in [1.29, 1.82) is 0 Å². The highest BCUT2D eigenvalue weighted by Crippen LogP contribution is 2.25. The maximum Gasteiger partial charge on any atom is 0.232 e. The molecule has 6 nitrogen and oxygen atoms in total. The van der Waals surface area contributed by atoms with Crippen molar-refractivity contribution in [3.8, 4) is 5.88 Å². The summed E-state index contributed by atoms with van der Waals surface area (Å²) in [5, 5.41) is 0. The molecule has 0 radical (unpaired) electrons. The van der Waals surface area contributed by atoms with Crippen LogP contribution in [-0.2, 0) is 7.05 Å². The van der Waals surface area contributed by atoms with E-state index in [1.54, 1.807) is 12.4 Å². The quantitative estimate of drug-likeness (QED) is 0.742. The molecule has 0 spiro atoms. The molecule has 4 rings (SSSR count). The zero-order chi connectivity index (χ0) is 16.5. The SMILES string of the molecule is Cc1cncc(OC2CCN(c3nc4ccccc4n3C)CC2)n1. The minimum absolute atomic E-state index is 0.187. The first kappa shape index (κ1) is 14.9. The Kier molecular flexibility index (Phi) is 3.80. The minimum atomic E-state index is 0.187. The number of benzene rings is 1. The molecule has 1 fully saturated rings. The average molecular weight is 323 g/mol. The van der Waals surface area contributed by atoms with Gasteiger partial charge < -0.3 is 14.2 Å². The first-order valence-corrected chi connectivity index (χ1v) is 8.32. The number of fused-ring (bicyclic) bond motifs is 1. The second-order valence-electron chi connectivity index (χ2n) is 6.26. The number of rotatable bonds is 3. The first-order chi connectivity index (χ1) is 11.7. The van der Waals surface area contributed by atoms with Crippen LogP contribution in [0, 0.1) is 6.92 Å². The summed E-state index contributed by atoms with van der Waals surface area (Å²) in [4.78, 5) is 15.6. The number of nitrogens with zero attached hydrogens (tertiary/aromatic N) is 5. The third-order valence-electron chi connectivity index (χ3n) is 4.51. The summed E-state index contributed by atoms with van der Waals surface area (Å²) in [6.45, 7) is 3.79. The molecule has 1 aliphatic rings. The molecule has 6 heteroatoms. The van der Waals surface area contributed by atoms with Crippen LogP contribution in [0.4, 0.5) is 5.95 Å². The highest BCUT2D eigenvalue weighted by Gasteiger charge is 2.24. The predicted molar refractivity (Wildman–Crippen MR) is 93.3 cm³/mol. The van der Waals surface area contributed by atoms with E-state index in [9.17, 15) is 0 Å². The Bertz CT molecular complexity index is 851. The molecule has 24 heavy (non-hydrogen) atoms. The number of anilines is 1. The highest BCUT2D eigenvalue weighted by molar-refractivity contribution is 5.78. The van der Waals surface area contributed by atoms with E-state index in [2.05, 4.69) is 44.7 Å². The molecule has 1 saturated heterocycles. The van der Waals surface area contributed by atoms with Crippen molar-refractivity contribution >= 4 is 17.0 Å². The zero-order valence-electron chi connectivity index (χ0n) is 14.0. The fourth-order valence-electron chi connectivity index (χ4n) is 3.26. The first-order valence-electron chi connectivity index (χ1n) is 8.32. The molecule has 0 unspecified atom stereocenters. The average Bonchev–Trinajstić information content (AvgIpc) is 2.93. The Morgan fingerprint density at radius 3 is 2.62 bits per heavy atom. The lowest BCUT2D eigenvalue weighted by atomic mass is 10.1. The molecule has 124 valence electrons. The summed E-state index contributed by atoms with van der Waals surface area (Å²) in [6.07, 6.45) is 5.52. The van der Waals surface area contributed by atoms with E-state index in [1.807, 2.05) is 13.0 Å². The van der Waals surface area contributed by atoms with Gasteiger partial charge in [-0.2, -0.15) is 0 Å². The van der Waals surface area contributed by atoms with E-state index < -0.39 is 0 Å². The second kappa shape index (κ2) is 6.11. The van der Waals surface area contributed by atoms with Crippen LogP contribution in [0.3, 0.4) is 0 Å². The number of para-hydroxylation sites is 2. The molecular formula is C18H21N5O. The fourth-order valence-corrected chi connectivity index (χ4v) is 3.26. The molecule has 0 bridgehead atoms. The van der Waals surface area contributed by atoms with Crippen molar-refractivity contribution < 1.29 is 4.74 Å². The topological polar surface area (TPSA) is 56.1 Å². The largest absolute Gasteiger partial charge is 0.473 e. The molecule has 2 aromatic heterocycles. The normalized spacial score (nSPS) is 15.8. The van der Waals surface area contributed by atoms with Gasteiger partial charge in [0.1, 0.15) is 6.10 Å². The number of imidazole rings is 1. The molecule has 0 atom stereocenters. The smallest absolute Gasteiger partial charge is 0.232 e. The van der Waals surface area contributed by atoms with Crippen molar-refractivity contribution in [1.82, 2.24) is 19.5 Å². The lowest BCUT2D eigenvalue weighted by Gasteiger charge is -2.32. The summed E-state index contributed by atoms with van der Waals surface area (Å²) in [5.74, 6) is 1.65. The monoisotopic (exact) mass is 323 g/mol. The van der Waals surface area contributed by atoms with E-state index in [1.165, 1.54) is 5.52 Å². The van der Waals surface area contributed by atoms with Gasteiger partial charge in [-0.3, -0.25) is 4.98 Å². The summed E-state index contributed by atoms with van der Waals surface area (Å²) < 4.78 is 8.15. The van der Waals surface area contributed by atoms with Crippen LogP contribution < -0.4 is 9.64 Å². The number of aromatic nitrogens is 4. The van der Waals surface area contributed by atoms with Gasteiger partial charge in [-0.15, -0.1) is 0 Å². The molecule has 1 aromatic carbocycles. The van der Waals surface area contributed by atoms with E-state index in [0.29, 0.717) is 5.88 Å². The van der Waals surface area contributed by atoms with Crippen LogP contribution in [0.1, 0.15) is 18.5 Å². The van der Waals surface area contributed by atoms with E-state index >= 15 is 0 Å². The van der Waals surface area contributed by atoms with E-state index in [-0.39, 0.29) is 6.10 Å². The molecule has 0 N–H and O–H groups in total. The van der Waals surface area contributed by atoms with Crippen LogP contribution in [0.2, 0.25) is 0 Å². The van der Waals surface area contributed by atoms with Gasteiger partial charge >= 0.3 is 0 Å². The maximum absolute atomic E-state index is 5.98. The third kappa shape index (κ3) is 2.79. The van der Waals surface area contributed by atoms with Crippen LogP contribution in [0.25, 0.3) is 11.0 Å². The van der Waals surface area contributed by atoms with Gasteiger partial charge in [0, 0.05) is 39.2 Å². The van der Waals surface area contributed by atoms with Gasteiger partial charge in [0.2, 0.25) is 11.8 Å². The molecule has 3 aromatic rings. The number of ether oxygens (including phenoxy) is 1. The van der Waals surface area contributed by atoms with E-state index in [4.69, 9.17) is 9.72 Å². The van der Waals surface area contributed by atoms with Gasteiger partial charge in [0.05, 0.1) is 22.9 Å². The molecule has 0 saturated carbocycles. The Morgan fingerprint density at radius 2 is 1.88 bits per heavy atom. The number of hydrogen-bond acceptors (Lipinski definition) is 5. The Hall–Kier alpha value is -2.63. The summed E-state index contributed by atoms with van der Waals surface area (Å²) in [6, 6.07) is 8.25. The van der Waals surface area contributed by atoms with Crippen LogP contribution in [0.15, 0.2) is 36.7 Å². The lowest BCUT2D eigenvalue weighted by molar-refractivity contribution is 0.162. The van der Waals surface area contributed by atoms with Crippen LogP contribution in [-0.4, -0.2) is 38.7 Å². The Morgan fingerprint density at radius 1 is 1.08 bits per heavy atom. The van der Waals surface area contributed by atoms with Crippen molar-refractivity contribution in [2.75, 3.05) is 18.0 Å². The van der Waals surface area contributed by atoms with Crippen molar-refractivity contribution in [3.63, 3.8) is 0 Å². The fraction of sp³-hybridized carbons (Fsp3) is 0.389. The van der Waals surface area contributed by atoms with Crippen LogP contribution >= 0.6 is 0 Å². The summed E-state index contributed by atoms with van der Waals surface area (Å²) in [5.41, 5.74) is 3.09. The molecular weight excluding hydrogens is 302 g/mol. The van der Waals surface area contributed by atoms with Crippen molar-refractivity contribution in [2.24, 2.45) is 7.05 Å². The van der Waals surface area contributed by atoms with Crippen LogP contribution in [0.5, 0.6) is 5.88 Å². The maximum atomic E-state index is 5.98. The lowest BCUT2D eigenvalue weighted by Crippen LogP contribution is -2.39. The van der Waals surface area contributed by atoms with Gasteiger partial charge in [-0.25, -0.2) is 9.97 Å². The zero-order valence-corrected chi connectivity index (χ0v) is 14.0. The summed E-state index contributed by atoms with van der Waals surface area (Å²) in [7, 11) is 2.08. The standard InChI is InChI=1S/C18H21N5O/c1-13-11-19-12-17(20-13)24-14-7-9-23(10-8-14)18-21-15-5-3-4-6-16(15)22(18)2/h3-6,11-12,14H,7-10H2,1-2H3. The molecule has 3 heterocycles. The highest BCUT2D eigenvalue weighted by atomic mass is 16.5. The third-order valence-corrected chi connectivity index (χ3v) is 4.51. The Labute approximate surface area is 141 Å². The summed E-state index contributed by atoms with van der Waals surface area (Å²) >= 11 is 0. The van der Waals surface area contributed by atoms with Crippen molar-refractivity contribution in [3.05, 3.63) is 42.4 Å². The van der Waals surface area contributed by atoms with E-state index in [0.717, 1.165) is 43.1 Å². The van der Waals surface area contributed by atoms with Gasteiger partial charge in [0.25, 0.3) is 0 Å². The van der Waals surface area contributed by atoms with Gasteiger partial charge in [-0.05, 0) is 19.1 Å². The molecule has 1 aliphatic heterocycles. The van der Waals surface area contributed by atoms with Gasteiger partial charge in [-0.1, -0.05) is 12.1 Å².